The molecule has 2 aromatic carbocycles. The molecule has 2 heterocycles. The number of benzene rings is 2. The van der Waals surface area contributed by atoms with Gasteiger partial charge in [-0.25, -0.2) is 4.98 Å². The molecule has 6 nitrogen and oxygen atoms in total. The molecule has 174 valence electrons. The summed E-state index contributed by atoms with van der Waals surface area (Å²) in [7, 11) is 0. The first kappa shape index (κ1) is 22.3. The molecule has 0 aliphatic heterocycles. The molecule has 1 amide bonds. The monoisotopic (exact) mass is 473 g/mol. The first-order chi connectivity index (χ1) is 16.6. The van der Waals surface area contributed by atoms with Gasteiger partial charge in [0.05, 0.1) is 12.0 Å². The van der Waals surface area contributed by atoms with Gasteiger partial charge in [-0.1, -0.05) is 35.9 Å². The van der Waals surface area contributed by atoms with E-state index in [2.05, 4.69) is 12.2 Å². The smallest absolute Gasteiger partial charge is 0.262 e. The molecule has 1 aliphatic rings. The second-order valence-corrected chi connectivity index (χ2v) is 9.49. The van der Waals surface area contributed by atoms with Crippen LogP contribution < -0.4 is 14.8 Å². The fourth-order valence-electron chi connectivity index (χ4n) is 4.22. The molecule has 0 atom stereocenters. The number of anilines is 1. The summed E-state index contributed by atoms with van der Waals surface area (Å²) in [5.74, 6) is 1.57. The molecule has 1 aliphatic carbocycles. The van der Waals surface area contributed by atoms with Crippen molar-refractivity contribution in [2.45, 2.75) is 39.5 Å². The number of rotatable bonds is 7. The number of carbonyl (C=O) groups excluding carboxylic acids is 1. The summed E-state index contributed by atoms with van der Waals surface area (Å²) in [5, 5.41) is 3.84. The summed E-state index contributed by atoms with van der Waals surface area (Å²) in [6, 6.07) is 15.5. The normalized spacial score (nSPS) is 12.9. The van der Waals surface area contributed by atoms with Crippen LogP contribution in [0.1, 0.15) is 35.8 Å². The van der Waals surface area contributed by atoms with E-state index in [-0.39, 0.29) is 12.5 Å². The van der Waals surface area contributed by atoms with E-state index >= 15 is 0 Å². The predicted molar refractivity (Wildman–Crippen MR) is 136 cm³/mol. The highest BCUT2D eigenvalue weighted by Crippen LogP contribution is 2.40. The lowest BCUT2D eigenvalue weighted by molar-refractivity contribution is -0.118. The molecule has 0 fully saturated rings. The zero-order chi connectivity index (χ0) is 23.5. The zero-order valence-corrected chi connectivity index (χ0v) is 20.2. The Morgan fingerprint density at radius 1 is 1.06 bits per heavy atom. The van der Waals surface area contributed by atoms with Gasteiger partial charge in [0.1, 0.15) is 10.6 Å². The van der Waals surface area contributed by atoms with Gasteiger partial charge < -0.3 is 14.8 Å². The van der Waals surface area contributed by atoms with Crippen LogP contribution in [0.25, 0.3) is 21.6 Å². The van der Waals surface area contributed by atoms with E-state index in [1.807, 2.05) is 49.4 Å². The van der Waals surface area contributed by atoms with E-state index in [0.717, 1.165) is 35.0 Å². The van der Waals surface area contributed by atoms with Gasteiger partial charge in [0.25, 0.3) is 5.91 Å². The van der Waals surface area contributed by atoms with Crippen LogP contribution in [0.3, 0.4) is 0 Å². The number of ether oxygens (including phenoxy) is 2. The van der Waals surface area contributed by atoms with E-state index < -0.39 is 0 Å². The van der Waals surface area contributed by atoms with Gasteiger partial charge in [-0.05, 0) is 57.2 Å². The highest BCUT2D eigenvalue weighted by Gasteiger charge is 2.23. The molecule has 0 saturated heterocycles. The third-order valence-electron chi connectivity index (χ3n) is 5.86. The topological polar surface area (TPSA) is 73.3 Å². The average molecular weight is 474 g/mol. The maximum Gasteiger partial charge on any atom is 0.262 e. The summed E-state index contributed by atoms with van der Waals surface area (Å²) in [5.41, 5.74) is 4.06. The number of carbonyl (C=O) groups is 1. The Hall–Kier alpha value is -3.45. The lowest BCUT2D eigenvalue weighted by Gasteiger charge is -2.13. The quantitative estimate of drug-likeness (QED) is 0.358. The van der Waals surface area contributed by atoms with Crippen molar-refractivity contribution in [3.63, 3.8) is 0 Å². The number of hydrogen-bond acceptors (Lipinski definition) is 6. The summed E-state index contributed by atoms with van der Waals surface area (Å²) in [6.07, 6.45) is 4.40. The lowest BCUT2D eigenvalue weighted by Crippen LogP contribution is -2.20. The summed E-state index contributed by atoms with van der Waals surface area (Å²) in [4.78, 5) is 24.6. The van der Waals surface area contributed by atoms with E-state index in [9.17, 15) is 4.79 Å². The predicted octanol–water partition coefficient (Wildman–Crippen LogP) is 5.96. The molecule has 0 unspecified atom stereocenters. The highest BCUT2D eigenvalue weighted by atomic mass is 32.1. The molecular weight excluding hydrogens is 446 g/mol. The number of aryl methyl sites for hydroxylation is 3. The molecule has 0 radical (unpaired) electrons. The molecule has 0 spiro atoms. The Morgan fingerprint density at radius 3 is 2.71 bits per heavy atom. The standard InChI is InChI=1S/C27H27N3O3S/c1-3-32-20-8-6-7-19(15-20)28-23(31)16-33-26-24-21-9-4-5-10-22(21)34-27(24)30-25(29-26)18-13-11-17(2)12-14-18/h6-8,11-15H,3-5,9-10,16H2,1-2H3,(H,28,31). The number of nitrogens with one attached hydrogen (secondary N) is 1. The largest absolute Gasteiger partial charge is 0.494 e. The molecule has 4 aromatic rings. The summed E-state index contributed by atoms with van der Waals surface area (Å²) in [6.45, 7) is 4.41. The van der Waals surface area contributed by atoms with Crippen molar-refractivity contribution in [1.82, 2.24) is 9.97 Å². The molecule has 5 rings (SSSR count). The van der Waals surface area contributed by atoms with Crippen LogP contribution in [-0.2, 0) is 17.6 Å². The van der Waals surface area contributed by atoms with Gasteiger partial charge in [0.2, 0.25) is 5.88 Å². The number of thiophene rings is 1. The van der Waals surface area contributed by atoms with Crippen LogP contribution >= 0.6 is 11.3 Å². The van der Waals surface area contributed by atoms with Crippen LogP contribution in [-0.4, -0.2) is 29.1 Å². The van der Waals surface area contributed by atoms with Crippen LogP contribution in [0.15, 0.2) is 48.5 Å². The fourth-order valence-corrected chi connectivity index (χ4v) is 5.47. The lowest BCUT2D eigenvalue weighted by atomic mass is 9.97. The van der Waals surface area contributed by atoms with Crippen LogP contribution in [0.4, 0.5) is 5.69 Å². The Kier molecular flexibility index (Phi) is 6.45. The van der Waals surface area contributed by atoms with E-state index in [1.165, 1.54) is 22.4 Å². The van der Waals surface area contributed by atoms with E-state index in [0.29, 0.717) is 29.7 Å². The Morgan fingerprint density at radius 2 is 1.88 bits per heavy atom. The van der Waals surface area contributed by atoms with Gasteiger partial charge >= 0.3 is 0 Å². The molecule has 1 N–H and O–H groups in total. The van der Waals surface area contributed by atoms with E-state index in [1.54, 1.807) is 17.4 Å². The second kappa shape index (κ2) is 9.81. The van der Waals surface area contributed by atoms with Crippen LogP contribution in [0.5, 0.6) is 11.6 Å². The third-order valence-corrected chi connectivity index (χ3v) is 7.05. The molecular formula is C27H27N3O3S. The highest BCUT2D eigenvalue weighted by molar-refractivity contribution is 7.18. The molecule has 7 heteroatoms. The average Bonchev–Trinajstić information content (AvgIpc) is 3.22. The second-order valence-electron chi connectivity index (χ2n) is 8.41. The van der Waals surface area contributed by atoms with Crippen molar-refractivity contribution in [3.05, 3.63) is 64.5 Å². The van der Waals surface area contributed by atoms with Crippen LogP contribution in [0.2, 0.25) is 0 Å². The third kappa shape index (κ3) is 4.75. The van der Waals surface area contributed by atoms with Gasteiger partial charge in [-0.2, -0.15) is 4.98 Å². The Balaban J connectivity index is 1.43. The number of nitrogens with zero attached hydrogens (tertiary/aromatic N) is 2. The number of hydrogen-bond donors (Lipinski definition) is 1. The summed E-state index contributed by atoms with van der Waals surface area (Å²) < 4.78 is 11.6. The maximum absolute atomic E-state index is 12.7. The minimum Gasteiger partial charge on any atom is -0.494 e. The van der Waals surface area contributed by atoms with Crippen molar-refractivity contribution >= 4 is 33.1 Å². The van der Waals surface area contributed by atoms with Crippen molar-refractivity contribution in [2.75, 3.05) is 18.5 Å². The van der Waals surface area contributed by atoms with Crippen molar-refractivity contribution in [2.24, 2.45) is 0 Å². The van der Waals surface area contributed by atoms with Gasteiger partial charge in [0, 0.05) is 22.2 Å². The Bertz CT molecular complexity index is 1330. The van der Waals surface area contributed by atoms with Crippen LogP contribution in [0, 0.1) is 6.92 Å². The first-order valence-electron chi connectivity index (χ1n) is 11.7. The first-order valence-corrected chi connectivity index (χ1v) is 12.5. The van der Waals surface area contributed by atoms with Gasteiger partial charge in [-0.3, -0.25) is 4.79 Å². The van der Waals surface area contributed by atoms with Gasteiger partial charge in [0.15, 0.2) is 12.4 Å². The minimum absolute atomic E-state index is 0.136. The Labute approximate surface area is 203 Å². The van der Waals surface area contributed by atoms with Crippen molar-refractivity contribution in [3.8, 4) is 23.0 Å². The minimum atomic E-state index is -0.249. The van der Waals surface area contributed by atoms with Crippen molar-refractivity contribution in [1.29, 1.82) is 0 Å². The summed E-state index contributed by atoms with van der Waals surface area (Å²) >= 11 is 1.72. The SMILES string of the molecule is CCOc1cccc(NC(=O)COc2nc(-c3ccc(C)cc3)nc3sc4c(c23)CCCC4)c1. The van der Waals surface area contributed by atoms with E-state index in [4.69, 9.17) is 19.4 Å². The number of aromatic nitrogens is 2. The zero-order valence-electron chi connectivity index (χ0n) is 19.4. The fraction of sp³-hybridized carbons (Fsp3) is 0.296. The molecule has 0 saturated carbocycles. The maximum atomic E-state index is 12.7. The number of amides is 1. The molecule has 0 bridgehead atoms. The molecule has 2 aromatic heterocycles. The van der Waals surface area contributed by atoms with Crippen molar-refractivity contribution < 1.29 is 14.3 Å². The molecule has 34 heavy (non-hydrogen) atoms. The van der Waals surface area contributed by atoms with Gasteiger partial charge in [-0.15, -0.1) is 11.3 Å². The number of fused-ring (bicyclic) bond motifs is 3.